The Bertz CT molecular complexity index is 466. The van der Waals surface area contributed by atoms with E-state index in [0.717, 1.165) is 24.2 Å². The molecule has 1 amide bonds. The largest absolute Gasteiger partial charge is 0.496 e. The molecule has 1 aliphatic carbocycles. The zero-order valence-electron chi connectivity index (χ0n) is 11.0. The number of nitrogens with one attached hydrogen (secondary N) is 1. The highest BCUT2D eigenvalue weighted by atomic mass is 16.5. The fourth-order valence-corrected chi connectivity index (χ4v) is 1.88. The molecule has 1 unspecified atom stereocenters. The first-order valence-electron chi connectivity index (χ1n) is 6.47. The minimum absolute atomic E-state index is 0.203. The predicted molar refractivity (Wildman–Crippen MR) is 73.8 cm³/mol. The highest BCUT2D eigenvalue weighted by Gasteiger charge is 2.29. The number of carbonyl (C=O) groups is 1. The van der Waals surface area contributed by atoms with E-state index >= 15 is 0 Å². The van der Waals surface area contributed by atoms with Gasteiger partial charge in [-0.05, 0) is 30.9 Å². The summed E-state index contributed by atoms with van der Waals surface area (Å²) >= 11 is 0. The maximum Gasteiger partial charge on any atom is 0.244 e. The Morgan fingerprint density at radius 2 is 2.26 bits per heavy atom. The number of carbonyl (C=O) groups excluding carboxylic acids is 1. The first-order valence-corrected chi connectivity index (χ1v) is 6.47. The van der Waals surface area contributed by atoms with Gasteiger partial charge in [-0.25, -0.2) is 0 Å². The van der Waals surface area contributed by atoms with Crippen LogP contribution in [-0.2, 0) is 4.79 Å². The molecule has 102 valence electrons. The highest BCUT2D eigenvalue weighted by Crippen LogP contribution is 2.32. The van der Waals surface area contributed by atoms with Gasteiger partial charge in [0.2, 0.25) is 5.91 Å². The molecule has 4 heteroatoms. The van der Waals surface area contributed by atoms with Crippen molar-refractivity contribution in [3.05, 3.63) is 35.9 Å². The number of para-hydroxylation sites is 1. The van der Waals surface area contributed by atoms with E-state index in [-0.39, 0.29) is 5.91 Å². The lowest BCUT2D eigenvalue weighted by Gasteiger charge is -2.09. The Morgan fingerprint density at radius 1 is 1.53 bits per heavy atom. The van der Waals surface area contributed by atoms with Crippen LogP contribution in [0.1, 0.15) is 18.4 Å². The number of hydrogen-bond acceptors (Lipinski definition) is 3. The van der Waals surface area contributed by atoms with Crippen LogP contribution in [0.15, 0.2) is 30.3 Å². The fourth-order valence-electron chi connectivity index (χ4n) is 1.88. The minimum Gasteiger partial charge on any atom is -0.496 e. The maximum atomic E-state index is 11.6. The van der Waals surface area contributed by atoms with Crippen molar-refractivity contribution in [3.63, 3.8) is 0 Å². The maximum absolute atomic E-state index is 11.6. The van der Waals surface area contributed by atoms with Gasteiger partial charge in [0, 0.05) is 18.2 Å². The molecule has 1 aromatic carbocycles. The Balaban J connectivity index is 1.85. The second-order valence-corrected chi connectivity index (χ2v) is 4.73. The third-order valence-corrected chi connectivity index (χ3v) is 3.20. The molecule has 1 aliphatic rings. The lowest BCUT2D eigenvalue weighted by atomic mass is 10.2. The molecule has 0 aromatic heterocycles. The molecule has 0 spiro atoms. The van der Waals surface area contributed by atoms with Crippen LogP contribution < -0.4 is 10.1 Å². The Kier molecular flexibility index (Phi) is 4.58. The summed E-state index contributed by atoms with van der Waals surface area (Å²) in [6.07, 6.45) is 4.88. The molecule has 0 bridgehead atoms. The first kappa shape index (κ1) is 13.6. The zero-order valence-corrected chi connectivity index (χ0v) is 11.0. The van der Waals surface area contributed by atoms with Gasteiger partial charge in [0.1, 0.15) is 5.75 Å². The number of rotatable bonds is 6. The average Bonchev–Trinajstić information content (AvgIpc) is 3.27. The van der Waals surface area contributed by atoms with Gasteiger partial charge in [0.05, 0.1) is 13.2 Å². The highest BCUT2D eigenvalue weighted by molar-refractivity contribution is 5.92. The quantitative estimate of drug-likeness (QED) is 0.765. The number of aliphatic hydroxyl groups is 1. The van der Waals surface area contributed by atoms with Crippen LogP contribution in [0.5, 0.6) is 5.75 Å². The van der Waals surface area contributed by atoms with Gasteiger partial charge in [-0.1, -0.05) is 18.2 Å². The van der Waals surface area contributed by atoms with Crippen molar-refractivity contribution in [2.24, 2.45) is 5.92 Å². The van der Waals surface area contributed by atoms with Gasteiger partial charge < -0.3 is 15.2 Å². The van der Waals surface area contributed by atoms with Crippen LogP contribution in [0.2, 0.25) is 0 Å². The van der Waals surface area contributed by atoms with Crippen molar-refractivity contribution in [2.75, 3.05) is 13.7 Å². The number of amides is 1. The Labute approximate surface area is 113 Å². The van der Waals surface area contributed by atoms with Gasteiger partial charge in [-0.3, -0.25) is 4.79 Å². The van der Waals surface area contributed by atoms with E-state index in [1.54, 1.807) is 13.2 Å². The summed E-state index contributed by atoms with van der Waals surface area (Å²) in [5.41, 5.74) is 0.850. The van der Waals surface area contributed by atoms with Gasteiger partial charge in [0.25, 0.3) is 0 Å². The topological polar surface area (TPSA) is 58.6 Å². The molecule has 2 rings (SSSR count). The Hall–Kier alpha value is -1.81. The fraction of sp³-hybridized carbons (Fsp3) is 0.400. The molecule has 19 heavy (non-hydrogen) atoms. The molecule has 4 nitrogen and oxygen atoms in total. The predicted octanol–water partition coefficient (Wildman–Crippen LogP) is 1.60. The second kappa shape index (κ2) is 6.38. The van der Waals surface area contributed by atoms with E-state index in [1.807, 2.05) is 24.3 Å². The van der Waals surface area contributed by atoms with Crippen molar-refractivity contribution in [1.29, 1.82) is 0 Å². The van der Waals surface area contributed by atoms with E-state index in [2.05, 4.69) is 5.32 Å². The van der Waals surface area contributed by atoms with Crippen molar-refractivity contribution in [3.8, 4) is 5.75 Å². The molecule has 1 saturated carbocycles. The molecule has 2 N–H and O–H groups in total. The van der Waals surface area contributed by atoms with E-state index < -0.39 is 6.10 Å². The number of hydrogen-bond donors (Lipinski definition) is 2. The summed E-state index contributed by atoms with van der Waals surface area (Å²) in [7, 11) is 1.60. The van der Waals surface area contributed by atoms with Crippen LogP contribution in [0.3, 0.4) is 0 Å². The third-order valence-electron chi connectivity index (χ3n) is 3.20. The van der Waals surface area contributed by atoms with Crippen molar-refractivity contribution < 1.29 is 14.6 Å². The summed E-state index contributed by atoms with van der Waals surface area (Å²) in [5, 5.41) is 12.3. The summed E-state index contributed by atoms with van der Waals surface area (Å²) in [6.45, 7) is 0.319. The number of aliphatic hydroxyl groups excluding tert-OH is 1. The third kappa shape index (κ3) is 4.10. The summed E-state index contributed by atoms with van der Waals surface area (Å²) in [4.78, 5) is 11.6. The summed E-state index contributed by atoms with van der Waals surface area (Å²) in [5.74, 6) is 0.897. The molecule has 1 fully saturated rings. The number of benzene rings is 1. The monoisotopic (exact) mass is 261 g/mol. The van der Waals surface area contributed by atoms with Crippen LogP contribution in [0, 0.1) is 5.92 Å². The van der Waals surface area contributed by atoms with Crippen molar-refractivity contribution in [1.82, 2.24) is 5.32 Å². The normalized spacial score (nSPS) is 16.3. The SMILES string of the molecule is COc1ccccc1C=CC(=O)NCC(O)C1CC1. The molecule has 1 aromatic rings. The van der Waals surface area contributed by atoms with Crippen molar-refractivity contribution in [2.45, 2.75) is 18.9 Å². The number of ether oxygens (including phenoxy) is 1. The van der Waals surface area contributed by atoms with Crippen LogP contribution in [0.25, 0.3) is 6.08 Å². The standard InChI is InChI=1S/C15H19NO3/c1-19-14-5-3-2-4-12(14)8-9-15(18)16-10-13(17)11-6-7-11/h2-5,8-9,11,13,17H,6-7,10H2,1H3,(H,16,18). The van der Waals surface area contributed by atoms with Crippen LogP contribution in [-0.4, -0.2) is 30.8 Å². The average molecular weight is 261 g/mol. The molecule has 0 radical (unpaired) electrons. The van der Waals surface area contributed by atoms with Crippen molar-refractivity contribution >= 4 is 12.0 Å². The lowest BCUT2D eigenvalue weighted by Crippen LogP contribution is -2.31. The second-order valence-electron chi connectivity index (χ2n) is 4.73. The van der Waals surface area contributed by atoms with Crippen LogP contribution >= 0.6 is 0 Å². The van der Waals surface area contributed by atoms with E-state index in [4.69, 9.17) is 4.74 Å². The first-order chi connectivity index (χ1) is 9.20. The van der Waals surface area contributed by atoms with Crippen LogP contribution in [0.4, 0.5) is 0 Å². The molecular weight excluding hydrogens is 242 g/mol. The molecule has 0 saturated heterocycles. The molecule has 0 aliphatic heterocycles. The molecule has 1 atom stereocenters. The van der Waals surface area contributed by atoms with Gasteiger partial charge in [-0.2, -0.15) is 0 Å². The summed E-state index contributed by atoms with van der Waals surface area (Å²) < 4.78 is 5.19. The lowest BCUT2D eigenvalue weighted by molar-refractivity contribution is -0.116. The van der Waals surface area contributed by atoms with E-state index in [1.165, 1.54) is 6.08 Å². The Morgan fingerprint density at radius 3 is 2.95 bits per heavy atom. The number of methoxy groups -OCH3 is 1. The summed E-state index contributed by atoms with van der Waals surface area (Å²) in [6, 6.07) is 7.48. The molecule has 0 heterocycles. The molecular formula is C15H19NO3. The van der Waals surface area contributed by atoms with Gasteiger partial charge in [0.15, 0.2) is 0 Å². The minimum atomic E-state index is -0.413. The van der Waals surface area contributed by atoms with Gasteiger partial charge >= 0.3 is 0 Å². The smallest absolute Gasteiger partial charge is 0.244 e. The zero-order chi connectivity index (χ0) is 13.7. The van der Waals surface area contributed by atoms with E-state index in [0.29, 0.717) is 12.5 Å². The van der Waals surface area contributed by atoms with Gasteiger partial charge in [-0.15, -0.1) is 0 Å². The van der Waals surface area contributed by atoms with E-state index in [9.17, 15) is 9.90 Å².